The summed E-state index contributed by atoms with van der Waals surface area (Å²) >= 11 is 0. The van der Waals surface area contributed by atoms with Crippen molar-refractivity contribution in [2.45, 2.75) is 13.3 Å². The smallest absolute Gasteiger partial charge is 0.251 e. The Morgan fingerprint density at radius 3 is 2.77 bits per heavy atom. The number of amidine groups is 1. The number of aromatic nitrogens is 2. The maximum absolute atomic E-state index is 12.8. The van der Waals surface area contributed by atoms with Gasteiger partial charge in [-0.1, -0.05) is 6.07 Å². The van der Waals surface area contributed by atoms with Gasteiger partial charge in [0.1, 0.15) is 5.69 Å². The van der Waals surface area contributed by atoms with Gasteiger partial charge in [0.2, 0.25) is 5.95 Å². The van der Waals surface area contributed by atoms with Crippen LogP contribution in [-0.4, -0.2) is 93.4 Å². The molecular weight excluding hydrogens is 444 g/mol. The SMILES string of the molecule is C=NC(=Nc1cc(C(=O)NCC2CCOC2)ccc1C)c1nc(N2CCN(C)CC2)ncc1NC. The summed E-state index contributed by atoms with van der Waals surface area (Å²) in [7, 11) is 3.92. The van der Waals surface area contributed by atoms with E-state index in [9.17, 15) is 4.79 Å². The van der Waals surface area contributed by atoms with E-state index in [4.69, 9.17) is 14.7 Å². The minimum Gasteiger partial charge on any atom is -0.385 e. The number of carbonyl (C=O) groups is 1. The van der Waals surface area contributed by atoms with Gasteiger partial charge in [-0.15, -0.1) is 0 Å². The molecule has 0 spiro atoms. The number of nitrogens with zero attached hydrogens (tertiary/aromatic N) is 6. The summed E-state index contributed by atoms with van der Waals surface area (Å²) in [5.41, 5.74) is 3.39. The highest BCUT2D eigenvalue weighted by molar-refractivity contribution is 6.05. The van der Waals surface area contributed by atoms with E-state index >= 15 is 0 Å². The van der Waals surface area contributed by atoms with E-state index in [0.717, 1.165) is 44.8 Å². The number of rotatable bonds is 7. The van der Waals surface area contributed by atoms with Gasteiger partial charge in [-0.05, 0) is 44.8 Å². The molecule has 10 heteroatoms. The highest BCUT2D eigenvalue weighted by atomic mass is 16.5. The molecule has 10 nitrogen and oxygen atoms in total. The summed E-state index contributed by atoms with van der Waals surface area (Å²) in [6.07, 6.45) is 2.72. The van der Waals surface area contributed by atoms with E-state index in [1.807, 2.05) is 26.1 Å². The predicted molar refractivity (Wildman–Crippen MR) is 139 cm³/mol. The Bertz CT molecular complexity index is 1090. The number of amides is 1. The van der Waals surface area contributed by atoms with Crippen LogP contribution in [0.5, 0.6) is 0 Å². The fourth-order valence-corrected chi connectivity index (χ4v) is 4.12. The summed E-state index contributed by atoms with van der Waals surface area (Å²) in [6, 6.07) is 5.48. The van der Waals surface area contributed by atoms with Crippen LogP contribution in [0, 0.1) is 12.8 Å². The topological polar surface area (TPSA) is 107 Å². The van der Waals surface area contributed by atoms with Crippen molar-refractivity contribution in [2.75, 3.05) is 70.2 Å². The standard InChI is InChI=1S/C25H34N8O2/c1-17-5-6-19(24(34)28-14-18-7-12-35-16-18)13-20(17)30-23(27-3)22-21(26-2)15-29-25(31-22)33-10-8-32(4)9-11-33/h5-6,13,15,18,26H,3,7-12,14,16H2,1-2,4H3,(H,28,34). The average Bonchev–Trinajstić information content (AvgIpc) is 3.41. The highest BCUT2D eigenvalue weighted by Gasteiger charge is 2.20. The van der Waals surface area contributed by atoms with Crippen LogP contribution in [0.3, 0.4) is 0 Å². The number of anilines is 2. The predicted octanol–water partition coefficient (Wildman–Crippen LogP) is 2.12. The van der Waals surface area contributed by atoms with Crippen LogP contribution in [-0.2, 0) is 4.74 Å². The lowest BCUT2D eigenvalue weighted by atomic mass is 10.1. The van der Waals surface area contributed by atoms with Crippen molar-refractivity contribution in [3.63, 3.8) is 0 Å². The molecule has 2 aromatic rings. The quantitative estimate of drug-likeness (QED) is 0.464. The third-order valence-electron chi connectivity index (χ3n) is 6.47. The van der Waals surface area contributed by atoms with Crippen LogP contribution < -0.4 is 15.5 Å². The van der Waals surface area contributed by atoms with Crippen molar-refractivity contribution in [3.05, 3.63) is 41.2 Å². The van der Waals surface area contributed by atoms with E-state index in [2.05, 4.69) is 44.2 Å². The van der Waals surface area contributed by atoms with E-state index in [-0.39, 0.29) is 5.91 Å². The number of nitrogens with one attached hydrogen (secondary N) is 2. The molecule has 1 amide bonds. The molecule has 2 aliphatic rings. The van der Waals surface area contributed by atoms with Crippen molar-refractivity contribution in [3.8, 4) is 0 Å². The van der Waals surface area contributed by atoms with Gasteiger partial charge in [-0.2, -0.15) is 0 Å². The van der Waals surface area contributed by atoms with Crippen LogP contribution in [0.15, 0.2) is 34.4 Å². The fourth-order valence-electron chi connectivity index (χ4n) is 4.12. The van der Waals surface area contributed by atoms with E-state index in [0.29, 0.717) is 53.5 Å². The molecule has 0 saturated carbocycles. The molecule has 1 atom stereocenters. The second kappa shape index (κ2) is 11.4. The minimum atomic E-state index is -0.128. The third-order valence-corrected chi connectivity index (χ3v) is 6.47. The molecule has 186 valence electrons. The maximum atomic E-state index is 12.8. The van der Waals surface area contributed by atoms with Crippen molar-refractivity contribution in [2.24, 2.45) is 15.9 Å². The van der Waals surface area contributed by atoms with Gasteiger partial charge < -0.3 is 25.2 Å². The Morgan fingerprint density at radius 1 is 1.29 bits per heavy atom. The number of ether oxygens (including phenoxy) is 1. The van der Waals surface area contributed by atoms with E-state index < -0.39 is 0 Å². The van der Waals surface area contributed by atoms with Gasteiger partial charge >= 0.3 is 0 Å². The maximum Gasteiger partial charge on any atom is 0.251 e. The molecule has 2 saturated heterocycles. The number of hydrogen-bond donors (Lipinski definition) is 2. The highest BCUT2D eigenvalue weighted by Crippen LogP contribution is 2.25. The van der Waals surface area contributed by atoms with E-state index in [1.165, 1.54) is 0 Å². The number of carbonyl (C=O) groups excluding carboxylic acids is 1. The Balaban J connectivity index is 1.60. The summed E-state index contributed by atoms with van der Waals surface area (Å²) in [4.78, 5) is 35.5. The van der Waals surface area contributed by atoms with Crippen molar-refractivity contribution in [1.82, 2.24) is 20.2 Å². The summed E-state index contributed by atoms with van der Waals surface area (Å²) in [5.74, 6) is 1.25. The van der Waals surface area contributed by atoms with Crippen LogP contribution in [0.4, 0.5) is 17.3 Å². The molecule has 1 aromatic heterocycles. The molecule has 0 radical (unpaired) electrons. The van der Waals surface area contributed by atoms with Crippen LogP contribution >= 0.6 is 0 Å². The fraction of sp³-hybridized carbons (Fsp3) is 0.480. The monoisotopic (exact) mass is 478 g/mol. The second-order valence-electron chi connectivity index (χ2n) is 9.01. The second-order valence-corrected chi connectivity index (χ2v) is 9.01. The van der Waals surface area contributed by atoms with Gasteiger partial charge in [0, 0.05) is 57.9 Å². The lowest BCUT2D eigenvalue weighted by molar-refractivity contribution is 0.0945. The number of hydrogen-bond acceptors (Lipinski definition) is 8. The first-order valence-corrected chi connectivity index (χ1v) is 12.0. The Hall–Kier alpha value is -3.37. The summed E-state index contributed by atoms with van der Waals surface area (Å²) < 4.78 is 5.39. The van der Waals surface area contributed by atoms with Gasteiger partial charge in [0.15, 0.2) is 5.84 Å². The van der Waals surface area contributed by atoms with Crippen molar-refractivity contribution >= 4 is 35.8 Å². The average molecular weight is 479 g/mol. The van der Waals surface area contributed by atoms with Crippen LogP contribution in [0.1, 0.15) is 28.0 Å². The van der Waals surface area contributed by atoms with E-state index in [1.54, 1.807) is 12.3 Å². The number of likely N-dealkylation sites (N-methyl/N-ethyl adjacent to an activating group) is 1. The lowest BCUT2D eigenvalue weighted by Gasteiger charge is -2.32. The van der Waals surface area contributed by atoms with Gasteiger partial charge in [-0.3, -0.25) is 4.79 Å². The molecule has 2 N–H and O–H groups in total. The molecule has 0 aliphatic carbocycles. The Labute approximate surface area is 206 Å². The molecule has 1 aromatic carbocycles. The van der Waals surface area contributed by atoms with Crippen LogP contribution in [0.25, 0.3) is 0 Å². The number of aryl methyl sites for hydroxylation is 1. The molecule has 35 heavy (non-hydrogen) atoms. The number of benzene rings is 1. The first-order chi connectivity index (χ1) is 17.0. The number of piperazine rings is 1. The van der Waals surface area contributed by atoms with Crippen LogP contribution in [0.2, 0.25) is 0 Å². The minimum absolute atomic E-state index is 0.128. The lowest BCUT2D eigenvalue weighted by Crippen LogP contribution is -2.45. The zero-order valence-corrected chi connectivity index (χ0v) is 20.8. The summed E-state index contributed by atoms with van der Waals surface area (Å²) in [5, 5.41) is 6.14. The van der Waals surface area contributed by atoms with Crippen molar-refractivity contribution < 1.29 is 9.53 Å². The van der Waals surface area contributed by atoms with Gasteiger partial charge in [-0.25, -0.2) is 20.0 Å². The Kier molecular flexibility index (Phi) is 8.04. The molecule has 4 rings (SSSR count). The van der Waals surface area contributed by atoms with Crippen molar-refractivity contribution in [1.29, 1.82) is 0 Å². The molecular formula is C25H34N8O2. The number of aliphatic imine (C=N–C) groups is 2. The first kappa shape index (κ1) is 24.7. The zero-order chi connectivity index (χ0) is 24.8. The zero-order valence-electron chi connectivity index (χ0n) is 20.8. The normalized spacial score (nSPS) is 19.0. The summed E-state index contributed by atoms with van der Waals surface area (Å²) in [6.45, 7) is 11.4. The third kappa shape index (κ3) is 6.01. The largest absolute Gasteiger partial charge is 0.385 e. The molecule has 0 bridgehead atoms. The molecule has 2 fully saturated rings. The van der Waals surface area contributed by atoms with Gasteiger partial charge in [0.05, 0.1) is 24.2 Å². The first-order valence-electron chi connectivity index (χ1n) is 12.0. The molecule has 2 aliphatic heterocycles. The molecule has 3 heterocycles. The molecule has 1 unspecified atom stereocenters. The Morgan fingerprint density at radius 2 is 2.09 bits per heavy atom. The van der Waals surface area contributed by atoms with Gasteiger partial charge in [0.25, 0.3) is 5.91 Å².